The molecule has 0 saturated carbocycles. The molecule has 140 valence electrons. The molecule has 3 N–H and O–H groups in total. The summed E-state index contributed by atoms with van der Waals surface area (Å²) in [7, 11) is 0. The van der Waals surface area contributed by atoms with E-state index in [1.54, 1.807) is 24.3 Å². The second-order valence-electron chi connectivity index (χ2n) is 6.02. The molecule has 1 aliphatic heterocycles. The largest absolute Gasteiger partial charge is 0.454 e. The molecule has 1 aliphatic rings. The van der Waals surface area contributed by atoms with Crippen LogP contribution in [-0.2, 0) is 4.79 Å². The molecule has 0 aliphatic carbocycles. The lowest BCUT2D eigenvalue weighted by Crippen LogP contribution is -2.14. The van der Waals surface area contributed by atoms with E-state index in [0.29, 0.717) is 16.5 Å². The van der Waals surface area contributed by atoms with Crippen LogP contribution in [0.15, 0.2) is 60.7 Å². The third-order valence-electron chi connectivity index (χ3n) is 4.12. The van der Waals surface area contributed by atoms with Crippen LogP contribution in [0.4, 0.5) is 5.00 Å². The molecule has 3 aromatic rings. The minimum absolute atomic E-state index is 0.195. The van der Waals surface area contributed by atoms with Gasteiger partial charge >= 0.3 is 0 Å². The first-order valence-electron chi connectivity index (χ1n) is 8.48. The van der Waals surface area contributed by atoms with Crippen LogP contribution in [0.5, 0.6) is 11.5 Å². The van der Waals surface area contributed by atoms with Gasteiger partial charge in [0.25, 0.3) is 5.91 Å². The predicted octanol–water partition coefficient (Wildman–Crippen LogP) is 3.89. The Hall–Kier alpha value is -3.58. The Morgan fingerprint density at radius 1 is 1.04 bits per heavy atom. The zero-order chi connectivity index (χ0) is 19.5. The van der Waals surface area contributed by atoms with Crippen molar-refractivity contribution in [2.45, 2.75) is 0 Å². The van der Waals surface area contributed by atoms with Crippen molar-refractivity contribution in [3.63, 3.8) is 0 Å². The van der Waals surface area contributed by atoms with Crippen molar-refractivity contribution < 1.29 is 19.1 Å². The minimum atomic E-state index is -0.589. The van der Waals surface area contributed by atoms with E-state index in [0.717, 1.165) is 16.0 Å². The zero-order valence-corrected chi connectivity index (χ0v) is 15.5. The van der Waals surface area contributed by atoms with Gasteiger partial charge in [-0.25, -0.2) is 0 Å². The summed E-state index contributed by atoms with van der Waals surface area (Å²) >= 11 is 1.30. The predicted molar refractivity (Wildman–Crippen MR) is 109 cm³/mol. The van der Waals surface area contributed by atoms with Gasteiger partial charge in [-0.2, -0.15) is 0 Å². The van der Waals surface area contributed by atoms with Crippen molar-refractivity contribution in [2.75, 3.05) is 12.1 Å². The van der Waals surface area contributed by atoms with E-state index in [9.17, 15) is 9.59 Å². The normalized spacial score (nSPS) is 12.3. The number of nitrogens with one attached hydrogen (secondary N) is 1. The molecule has 0 atom stereocenters. The monoisotopic (exact) mass is 392 g/mol. The number of fused-ring (bicyclic) bond motifs is 1. The van der Waals surface area contributed by atoms with Crippen LogP contribution in [-0.4, -0.2) is 18.6 Å². The number of carbonyl (C=O) groups excluding carboxylic acids is 2. The molecular formula is C21H16N2O4S. The van der Waals surface area contributed by atoms with Crippen LogP contribution in [0.1, 0.15) is 15.9 Å². The highest BCUT2D eigenvalue weighted by Crippen LogP contribution is 2.35. The highest BCUT2D eigenvalue weighted by Gasteiger charge is 2.16. The molecule has 0 unspecified atom stereocenters. The van der Waals surface area contributed by atoms with Gasteiger partial charge in [0.1, 0.15) is 5.00 Å². The number of carbonyl (C=O) groups is 2. The molecule has 6 nitrogen and oxygen atoms in total. The van der Waals surface area contributed by atoms with E-state index in [-0.39, 0.29) is 18.3 Å². The van der Waals surface area contributed by atoms with Crippen molar-refractivity contribution in [1.82, 2.24) is 0 Å². The highest BCUT2D eigenvalue weighted by molar-refractivity contribution is 7.20. The number of benzene rings is 2. The number of rotatable bonds is 5. The summed E-state index contributed by atoms with van der Waals surface area (Å²) in [5, 5.41) is 3.16. The van der Waals surface area contributed by atoms with Gasteiger partial charge < -0.3 is 20.5 Å². The lowest BCUT2D eigenvalue weighted by molar-refractivity contribution is -0.111. The summed E-state index contributed by atoms with van der Waals surface area (Å²) in [6.45, 7) is 0.195. The van der Waals surface area contributed by atoms with Gasteiger partial charge in [-0.15, -0.1) is 11.3 Å². The number of ether oxygens (including phenoxy) is 2. The first kappa shape index (κ1) is 17.8. The number of hydrogen-bond acceptors (Lipinski definition) is 5. The number of thiophene rings is 1. The molecule has 2 heterocycles. The fraction of sp³-hybridized carbons (Fsp3) is 0.0476. The molecule has 0 saturated heterocycles. The summed E-state index contributed by atoms with van der Waals surface area (Å²) in [6, 6.07) is 16.7. The lowest BCUT2D eigenvalue weighted by Gasteiger charge is -2.01. The maximum Gasteiger partial charge on any atom is 0.251 e. The first-order valence-corrected chi connectivity index (χ1v) is 9.29. The Labute approximate surface area is 165 Å². The second-order valence-corrected chi connectivity index (χ2v) is 7.07. The summed E-state index contributed by atoms with van der Waals surface area (Å²) in [4.78, 5) is 25.0. The van der Waals surface area contributed by atoms with Gasteiger partial charge in [0.2, 0.25) is 12.7 Å². The highest BCUT2D eigenvalue weighted by atomic mass is 32.1. The lowest BCUT2D eigenvalue weighted by atomic mass is 10.1. The fourth-order valence-corrected chi connectivity index (χ4v) is 3.83. The minimum Gasteiger partial charge on any atom is -0.454 e. The molecule has 7 heteroatoms. The molecule has 0 fully saturated rings. The topological polar surface area (TPSA) is 90.7 Å². The summed E-state index contributed by atoms with van der Waals surface area (Å²) in [5.41, 5.74) is 7.50. The van der Waals surface area contributed by atoms with E-state index >= 15 is 0 Å². The van der Waals surface area contributed by atoms with Crippen LogP contribution >= 0.6 is 11.3 Å². The number of amides is 2. The van der Waals surface area contributed by atoms with Gasteiger partial charge in [0.05, 0.1) is 5.56 Å². The van der Waals surface area contributed by atoms with Gasteiger partial charge in [-0.05, 0) is 35.4 Å². The van der Waals surface area contributed by atoms with E-state index in [1.165, 1.54) is 17.4 Å². The zero-order valence-electron chi connectivity index (χ0n) is 14.7. The van der Waals surface area contributed by atoms with Gasteiger partial charge in [0, 0.05) is 11.0 Å². The van der Waals surface area contributed by atoms with Crippen molar-refractivity contribution in [3.05, 3.63) is 71.8 Å². The molecular weight excluding hydrogens is 376 g/mol. The Kier molecular flexibility index (Phi) is 4.82. The molecule has 4 rings (SSSR count). The quantitative estimate of drug-likeness (QED) is 0.645. The molecule has 0 bridgehead atoms. The summed E-state index contributed by atoms with van der Waals surface area (Å²) in [5.74, 6) is 0.374. The molecule has 2 aromatic carbocycles. The Balaban J connectivity index is 1.52. The summed E-state index contributed by atoms with van der Waals surface area (Å²) in [6.07, 6.45) is 3.05. The van der Waals surface area contributed by atoms with Crippen LogP contribution < -0.4 is 20.5 Å². The number of nitrogens with two attached hydrogens (primary N) is 1. The van der Waals surface area contributed by atoms with Crippen molar-refractivity contribution >= 4 is 34.2 Å². The van der Waals surface area contributed by atoms with Crippen molar-refractivity contribution in [1.29, 1.82) is 0 Å². The molecule has 0 spiro atoms. The molecule has 2 amide bonds. The number of hydrogen-bond donors (Lipinski definition) is 2. The Bertz CT molecular complexity index is 1070. The maximum absolute atomic E-state index is 12.3. The third-order valence-corrected chi connectivity index (χ3v) is 5.22. The van der Waals surface area contributed by atoms with Crippen LogP contribution in [0.25, 0.3) is 16.5 Å². The van der Waals surface area contributed by atoms with Gasteiger partial charge in [-0.1, -0.05) is 36.4 Å². The fourth-order valence-electron chi connectivity index (χ4n) is 2.75. The van der Waals surface area contributed by atoms with E-state index in [2.05, 4.69) is 5.32 Å². The van der Waals surface area contributed by atoms with E-state index in [4.69, 9.17) is 15.2 Å². The number of primary amides is 1. The molecule has 0 radical (unpaired) electrons. The van der Waals surface area contributed by atoms with Gasteiger partial charge in [0.15, 0.2) is 11.5 Å². The van der Waals surface area contributed by atoms with Crippen molar-refractivity contribution in [2.24, 2.45) is 5.73 Å². The van der Waals surface area contributed by atoms with Crippen LogP contribution in [0.2, 0.25) is 0 Å². The van der Waals surface area contributed by atoms with Crippen molar-refractivity contribution in [3.8, 4) is 21.9 Å². The van der Waals surface area contributed by atoms with Crippen LogP contribution in [0.3, 0.4) is 0 Å². The van der Waals surface area contributed by atoms with E-state index < -0.39 is 5.91 Å². The average molecular weight is 392 g/mol. The standard InChI is InChI=1S/C21H16N2O4S/c22-20(25)15-11-18(14-4-2-1-3-5-14)28-21(15)23-19(24)9-7-13-6-8-16-17(10-13)27-12-26-16/h1-11H,12H2,(H2,22,25)(H,23,24)/b9-7+. The number of anilines is 1. The smallest absolute Gasteiger partial charge is 0.251 e. The average Bonchev–Trinajstić information content (AvgIpc) is 3.33. The Morgan fingerprint density at radius 2 is 1.82 bits per heavy atom. The van der Waals surface area contributed by atoms with Crippen LogP contribution in [0, 0.1) is 0 Å². The third kappa shape index (κ3) is 3.74. The maximum atomic E-state index is 12.3. The Morgan fingerprint density at radius 3 is 2.61 bits per heavy atom. The summed E-state index contributed by atoms with van der Waals surface area (Å²) < 4.78 is 10.6. The first-order chi connectivity index (χ1) is 13.6. The van der Waals surface area contributed by atoms with Gasteiger partial charge in [-0.3, -0.25) is 9.59 Å². The van der Waals surface area contributed by atoms with E-state index in [1.807, 2.05) is 36.4 Å². The molecule has 1 aromatic heterocycles. The second kappa shape index (κ2) is 7.58. The molecule has 28 heavy (non-hydrogen) atoms. The SMILES string of the molecule is NC(=O)c1cc(-c2ccccc2)sc1NC(=O)/C=C/c1ccc2c(c1)OCO2.